The molecule has 0 N–H and O–H groups in total. The fraction of sp³-hybridized carbons (Fsp3) is 0.182. The molecule has 1 aromatic heterocycles. The molecule has 0 aromatic carbocycles. The van der Waals surface area contributed by atoms with Crippen molar-refractivity contribution in [2.24, 2.45) is 4.99 Å². The Labute approximate surface area is 88.3 Å². The highest BCUT2D eigenvalue weighted by Gasteiger charge is 1.90. The van der Waals surface area contributed by atoms with Crippen LogP contribution in [0.25, 0.3) is 0 Å². The van der Waals surface area contributed by atoms with Gasteiger partial charge in [0.25, 0.3) is 0 Å². The lowest BCUT2D eigenvalue weighted by molar-refractivity contribution is -0.137. The minimum absolute atomic E-state index is 0.371. The number of aromatic nitrogens is 1. The van der Waals surface area contributed by atoms with E-state index in [1.54, 1.807) is 25.5 Å². The van der Waals surface area contributed by atoms with Crippen molar-refractivity contribution >= 4 is 12.2 Å². The lowest BCUT2D eigenvalue weighted by atomic mass is 10.3. The Bertz CT molecular complexity index is 358. The topological polar surface area (TPSA) is 51.5 Å². The molecule has 0 saturated carbocycles. The Morgan fingerprint density at radius 3 is 3.20 bits per heavy atom. The third kappa shape index (κ3) is 4.71. The first-order valence-corrected chi connectivity index (χ1v) is 4.59. The van der Waals surface area contributed by atoms with E-state index in [2.05, 4.69) is 14.7 Å². The van der Waals surface area contributed by atoms with E-state index in [9.17, 15) is 4.79 Å². The molecule has 1 heterocycles. The number of aliphatic imine (C=N–C) groups is 1. The number of rotatable bonds is 4. The predicted octanol–water partition coefficient (Wildman–Crippen LogP) is 1.58. The van der Waals surface area contributed by atoms with E-state index in [4.69, 9.17) is 0 Å². The SMILES string of the molecule is CCOC(=O)/C=C/N=Cc1cccnc1. The molecule has 0 radical (unpaired) electrons. The Morgan fingerprint density at radius 2 is 2.53 bits per heavy atom. The van der Waals surface area contributed by atoms with Gasteiger partial charge in [-0.05, 0) is 13.0 Å². The summed E-state index contributed by atoms with van der Waals surface area (Å²) < 4.78 is 4.68. The maximum atomic E-state index is 10.9. The Kier molecular flexibility index (Phi) is 4.80. The van der Waals surface area contributed by atoms with Crippen LogP contribution in [0.2, 0.25) is 0 Å². The summed E-state index contributed by atoms with van der Waals surface area (Å²) >= 11 is 0. The average Bonchev–Trinajstić information content (AvgIpc) is 2.26. The largest absolute Gasteiger partial charge is 0.463 e. The highest BCUT2D eigenvalue weighted by molar-refractivity contribution is 5.83. The third-order valence-corrected chi connectivity index (χ3v) is 1.49. The zero-order valence-corrected chi connectivity index (χ0v) is 8.46. The number of carbonyl (C=O) groups excluding carboxylic acids is 1. The monoisotopic (exact) mass is 204 g/mol. The molecule has 4 nitrogen and oxygen atoms in total. The van der Waals surface area contributed by atoms with Gasteiger partial charge in [0.1, 0.15) is 0 Å². The molecule has 0 aliphatic heterocycles. The second kappa shape index (κ2) is 6.48. The van der Waals surface area contributed by atoms with Gasteiger partial charge in [0.15, 0.2) is 0 Å². The normalized spacial score (nSPS) is 11.0. The lowest BCUT2D eigenvalue weighted by Crippen LogP contribution is -1.98. The van der Waals surface area contributed by atoms with Gasteiger partial charge in [0.05, 0.1) is 6.61 Å². The van der Waals surface area contributed by atoms with Crippen LogP contribution in [0.15, 0.2) is 41.8 Å². The van der Waals surface area contributed by atoms with Gasteiger partial charge in [-0.2, -0.15) is 0 Å². The minimum Gasteiger partial charge on any atom is -0.463 e. The Balaban J connectivity index is 2.43. The number of esters is 1. The van der Waals surface area contributed by atoms with E-state index in [-0.39, 0.29) is 5.97 Å². The van der Waals surface area contributed by atoms with Crippen molar-refractivity contribution in [1.29, 1.82) is 0 Å². The number of carbonyl (C=O) groups is 1. The van der Waals surface area contributed by atoms with Gasteiger partial charge >= 0.3 is 5.97 Å². The number of ether oxygens (including phenoxy) is 1. The van der Waals surface area contributed by atoms with Crippen LogP contribution >= 0.6 is 0 Å². The van der Waals surface area contributed by atoms with E-state index < -0.39 is 0 Å². The summed E-state index contributed by atoms with van der Waals surface area (Å²) in [5, 5.41) is 0. The molecule has 1 aromatic rings. The van der Waals surface area contributed by atoms with Crippen molar-refractivity contribution in [3.8, 4) is 0 Å². The van der Waals surface area contributed by atoms with E-state index in [1.807, 2.05) is 12.1 Å². The molecule has 0 fully saturated rings. The standard InChI is InChI=1S/C11H12N2O2/c1-2-15-11(14)5-7-13-9-10-4-3-6-12-8-10/h3-9H,2H2,1H3/b7-5+,13-9?. The molecule has 0 unspecified atom stereocenters. The number of pyridine rings is 1. The zero-order valence-electron chi connectivity index (χ0n) is 8.46. The summed E-state index contributed by atoms with van der Waals surface area (Å²) in [5.74, 6) is -0.388. The van der Waals surface area contributed by atoms with E-state index in [1.165, 1.54) is 12.3 Å². The van der Waals surface area contributed by atoms with Gasteiger partial charge in [-0.15, -0.1) is 0 Å². The van der Waals surface area contributed by atoms with Crippen LogP contribution in [0.3, 0.4) is 0 Å². The highest BCUT2D eigenvalue weighted by Crippen LogP contribution is 1.91. The predicted molar refractivity (Wildman–Crippen MR) is 57.6 cm³/mol. The second-order valence-corrected chi connectivity index (χ2v) is 2.63. The summed E-state index contributed by atoms with van der Waals surface area (Å²) in [7, 11) is 0. The van der Waals surface area contributed by atoms with Crippen LogP contribution in [-0.4, -0.2) is 23.8 Å². The quantitative estimate of drug-likeness (QED) is 0.425. The molecule has 78 valence electrons. The molecular formula is C11H12N2O2. The highest BCUT2D eigenvalue weighted by atomic mass is 16.5. The summed E-state index contributed by atoms with van der Waals surface area (Å²) in [6, 6.07) is 3.69. The summed E-state index contributed by atoms with van der Waals surface area (Å²) in [5.41, 5.74) is 0.881. The first-order chi connectivity index (χ1) is 7.33. The van der Waals surface area contributed by atoms with Crippen LogP contribution in [0.1, 0.15) is 12.5 Å². The van der Waals surface area contributed by atoms with Gasteiger partial charge < -0.3 is 4.74 Å². The van der Waals surface area contributed by atoms with Crippen molar-refractivity contribution < 1.29 is 9.53 Å². The molecule has 0 bridgehead atoms. The van der Waals surface area contributed by atoms with Crippen LogP contribution in [-0.2, 0) is 9.53 Å². The van der Waals surface area contributed by atoms with E-state index in [0.29, 0.717) is 6.61 Å². The third-order valence-electron chi connectivity index (χ3n) is 1.49. The molecule has 0 aliphatic rings. The minimum atomic E-state index is -0.388. The number of hydrogen-bond donors (Lipinski definition) is 0. The van der Waals surface area contributed by atoms with Crippen LogP contribution in [0.5, 0.6) is 0 Å². The van der Waals surface area contributed by atoms with Gasteiger partial charge in [0.2, 0.25) is 0 Å². The van der Waals surface area contributed by atoms with Crippen molar-refractivity contribution in [3.05, 3.63) is 42.4 Å². The van der Waals surface area contributed by atoms with Crippen molar-refractivity contribution in [2.45, 2.75) is 6.92 Å². The van der Waals surface area contributed by atoms with E-state index in [0.717, 1.165) is 5.56 Å². The van der Waals surface area contributed by atoms with Gasteiger partial charge in [-0.3, -0.25) is 9.98 Å². The van der Waals surface area contributed by atoms with Crippen molar-refractivity contribution in [1.82, 2.24) is 4.98 Å². The molecular weight excluding hydrogens is 192 g/mol. The van der Waals surface area contributed by atoms with E-state index >= 15 is 0 Å². The van der Waals surface area contributed by atoms with Crippen molar-refractivity contribution in [3.63, 3.8) is 0 Å². The Morgan fingerprint density at radius 1 is 1.67 bits per heavy atom. The molecule has 0 amide bonds. The van der Waals surface area contributed by atoms with Crippen LogP contribution in [0, 0.1) is 0 Å². The first-order valence-electron chi connectivity index (χ1n) is 4.59. The van der Waals surface area contributed by atoms with Gasteiger partial charge in [-0.25, -0.2) is 4.79 Å². The molecule has 4 heteroatoms. The maximum absolute atomic E-state index is 10.9. The summed E-state index contributed by atoms with van der Waals surface area (Å²) in [6.45, 7) is 2.13. The molecule has 1 rings (SSSR count). The number of hydrogen-bond acceptors (Lipinski definition) is 4. The molecule has 15 heavy (non-hydrogen) atoms. The Hall–Kier alpha value is -1.97. The van der Waals surface area contributed by atoms with Gasteiger partial charge in [-0.1, -0.05) is 6.07 Å². The smallest absolute Gasteiger partial charge is 0.332 e. The molecule has 0 spiro atoms. The molecule has 0 atom stereocenters. The van der Waals surface area contributed by atoms with Crippen molar-refractivity contribution in [2.75, 3.05) is 6.61 Å². The lowest BCUT2D eigenvalue weighted by Gasteiger charge is -1.92. The average molecular weight is 204 g/mol. The van der Waals surface area contributed by atoms with Crippen LogP contribution in [0.4, 0.5) is 0 Å². The first kappa shape index (κ1) is 11.1. The summed E-state index contributed by atoms with van der Waals surface area (Å²) in [6.07, 6.45) is 7.65. The second-order valence-electron chi connectivity index (χ2n) is 2.63. The van der Waals surface area contributed by atoms with Gasteiger partial charge in [0, 0.05) is 36.4 Å². The fourth-order valence-electron chi connectivity index (χ4n) is 0.876. The zero-order chi connectivity index (χ0) is 10.9. The molecule has 0 aliphatic carbocycles. The molecule has 0 saturated heterocycles. The fourth-order valence-corrected chi connectivity index (χ4v) is 0.876. The van der Waals surface area contributed by atoms with Crippen LogP contribution < -0.4 is 0 Å². The summed E-state index contributed by atoms with van der Waals surface area (Å²) in [4.78, 5) is 18.7. The maximum Gasteiger partial charge on any atom is 0.332 e. The number of nitrogens with zero attached hydrogens (tertiary/aromatic N) is 2.